The van der Waals surface area contributed by atoms with Crippen molar-refractivity contribution in [2.45, 2.75) is 20.4 Å². The van der Waals surface area contributed by atoms with Crippen LogP contribution in [0.1, 0.15) is 17.0 Å². The van der Waals surface area contributed by atoms with E-state index >= 15 is 0 Å². The fourth-order valence-corrected chi connectivity index (χ4v) is 3.31. The molecule has 1 aromatic carbocycles. The van der Waals surface area contributed by atoms with Crippen molar-refractivity contribution in [1.29, 1.82) is 0 Å². The summed E-state index contributed by atoms with van der Waals surface area (Å²) in [4.78, 5) is 13.7. The summed E-state index contributed by atoms with van der Waals surface area (Å²) in [5, 5.41) is 5.17. The fourth-order valence-electron chi connectivity index (χ4n) is 3.31. The van der Waals surface area contributed by atoms with Crippen molar-refractivity contribution < 1.29 is 4.52 Å². The Bertz CT molecular complexity index is 827. The van der Waals surface area contributed by atoms with Gasteiger partial charge in [-0.15, -0.1) is 0 Å². The van der Waals surface area contributed by atoms with Gasteiger partial charge in [-0.05, 0) is 26.0 Å². The molecule has 0 atom stereocenters. The van der Waals surface area contributed by atoms with Crippen LogP contribution in [0.4, 0.5) is 5.82 Å². The zero-order valence-corrected chi connectivity index (χ0v) is 14.1. The maximum absolute atomic E-state index is 5.27. The highest BCUT2D eigenvalue weighted by molar-refractivity contribution is 5.89. The highest BCUT2D eigenvalue weighted by Gasteiger charge is 2.21. The van der Waals surface area contributed by atoms with E-state index in [1.165, 1.54) is 5.56 Å². The van der Waals surface area contributed by atoms with Gasteiger partial charge in [-0.2, -0.15) is 0 Å². The lowest BCUT2D eigenvalue weighted by atomic mass is 10.1. The molecule has 0 bridgehead atoms. The number of fused-ring (bicyclic) bond motifs is 1. The van der Waals surface area contributed by atoms with Crippen LogP contribution in [0.5, 0.6) is 0 Å². The van der Waals surface area contributed by atoms with Gasteiger partial charge in [0.25, 0.3) is 0 Å². The highest BCUT2D eigenvalue weighted by atomic mass is 16.5. The molecule has 1 aliphatic heterocycles. The summed E-state index contributed by atoms with van der Waals surface area (Å²) < 4.78 is 5.27. The van der Waals surface area contributed by atoms with Crippen LogP contribution in [-0.2, 0) is 6.54 Å². The van der Waals surface area contributed by atoms with Crippen LogP contribution >= 0.6 is 0 Å². The first-order valence-electron chi connectivity index (χ1n) is 8.31. The largest absolute Gasteiger partial charge is 0.361 e. The third-order valence-electron chi connectivity index (χ3n) is 4.76. The molecule has 2 aromatic heterocycles. The lowest BCUT2D eigenvalue weighted by Crippen LogP contribution is -2.46. The number of rotatable bonds is 3. The number of anilines is 1. The van der Waals surface area contributed by atoms with Gasteiger partial charge in [-0.25, -0.2) is 9.97 Å². The van der Waals surface area contributed by atoms with Gasteiger partial charge in [-0.3, -0.25) is 4.90 Å². The number of hydrogen-bond donors (Lipinski definition) is 0. The zero-order valence-electron chi connectivity index (χ0n) is 14.1. The average Bonchev–Trinajstić information content (AvgIpc) is 2.94. The van der Waals surface area contributed by atoms with Crippen LogP contribution in [0.2, 0.25) is 0 Å². The zero-order chi connectivity index (χ0) is 16.5. The number of piperazine rings is 1. The van der Waals surface area contributed by atoms with Crippen LogP contribution in [0.25, 0.3) is 10.9 Å². The maximum atomic E-state index is 5.27. The van der Waals surface area contributed by atoms with Gasteiger partial charge in [0.05, 0.1) is 11.2 Å². The third kappa shape index (κ3) is 2.73. The first-order chi connectivity index (χ1) is 11.7. The number of aromatic nitrogens is 3. The lowest BCUT2D eigenvalue weighted by molar-refractivity contribution is 0.247. The summed E-state index contributed by atoms with van der Waals surface area (Å²) in [5.74, 6) is 1.97. The van der Waals surface area contributed by atoms with Crippen molar-refractivity contribution in [3.63, 3.8) is 0 Å². The topological polar surface area (TPSA) is 58.3 Å². The Labute approximate surface area is 141 Å². The summed E-state index contributed by atoms with van der Waals surface area (Å²) in [5.41, 5.74) is 3.22. The van der Waals surface area contributed by atoms with E-state index in [9.17, 15) is 0 Å². The number of nitrogens with zero attached hydrogens (tertiary/aromatic N) is 5. The molecule has 0 radical (unpaired) electrons. The number of para-hydroxylation sites is 1. The van der Waals surface area contributed by atoms with Crippen LogP contribution in [-0.4, -0.2) is 46.2 Å². The molecule has 0 saturated carbocycles. The third-order valence-corrected chi connectivity index (χ3v) is 4.76. The molecule has 124 valence electrons. The van der Waals surface area contributed by atoms with Gasteiger partial charge in [0.2, 0.25) is 0 Å². The quantitative estimate of drug-likeness (QED) is 0.738. The summed E-state index contributed by atoms with van der Waals surface area (Å²) in [6.45, 7) is 8.83. The molecule has 0 aliphatic carbocycles. The van der Waals surface area contributed by atoms with Crippen LogP contribution in [0.3, 0.4) is 0 Å². The molecule has 1 saturated heterocycles. The maximum Gasteiger partial charge on any atom is 0.139 e. The summed E-state index contributed by atoms with van der Waals surface area (Å²) in [6.07, 6.45) is 1.66. The average molecular weight is 323 g/mol. The van der Waals surface area contributed by atoms with E-state index in [1.54, 1.807) is 6.33 Å². The summed E-state index contributed by atoms with van der Waals surface area (Å²) in [6, 6.07) is 8.19. The first kappa shape index (κ1) is 15.1. The summed E-state index contributed by atoms with van der Waals surface area (Å²) >= 11 is 0. The molecular formula is C18H21N5O. The second-order valence-electron chi connectivity index (χ2n) is 6.28. The minimum atomic E-state index is 0.902. The van der Waals surface area contributed by atoms with E-state index in [-0.39, 0.29) is 0 Å². The van der Waals surface area contributed by atoms with E-state index in [0.717, 1.165) is 60.9 Å². The molecule has 1 fully saturated rings. The van der Waals surface area contributed by atoms with E-state index < -0.39 is 0 Å². The molecule has 3 heterocycles. The molecule has 4 rings (SSSR count). The van der Waals surface area contributed by atoms with Gasteiger partial charge in [0, 0.05) is 43.7 Å². The minimum Gasteiger partial charge on any atom is -0.361 e. The number of hydrogen-bond acceptors (Lipinski definition) is 6. The van der Waals surface area contributed by atoms with Crippen LogP contribution in [0.15, 0.2) is 35.1 Å². The van der Waals surface area contributed by atoms with E-state index in [2.05, 4.69) is 31.0 Å². The Morgan fingerprint density at radius 3 is 2.58 bits per heavy atom. The van der Waals surface area contributed by atoms with Gasteiger partial charge in [0.15, 0.2) is 0 Å². The van der Waals surface area contributed by atoms with Crippen LogP contribution < -0.4 is 4.90 Å². The normalized spacial score (nSPS) is 16.0. The predicted octanol–water partition coefficient (Wildman–Crippen LogP) is 2.56. The van der Waals surface area contributed by atoms with Gasteiger partial charge >= 0.3 is 0 Å². The molecule has 3 aromatic rings. The van der Waals surface area contributed by atoms with Crippen molar-refractivity contribution in [2.24, 2.45) is 0 Å². The second-order valence-corrected chi connectivity index (χ2v) is 6.28. The molecule has 24 heavy (non-hydrogen) atoms. The van der Waals surface area contributed by atoms with Crippen LogP contribution in [0, 0.1) is 13.8 Å². The van der Waals surface area contributed by atoms with Crippen molar-refractivity contribution in [2.75, 3.05) is 31.1 Å². The number of benzene rings is 1. The van der Waals surface area contributed by atoms with E-state index in [4.69, 9.17) is 4.52 Å². The molecule has 0 N–H and O–H groups in total. The Balaban J connectivity index is 1.48. The van der Waals surface area contributed by atoms with Gasteiger partial charge in [0.1, 0.15) is 17.9 Å². The van der Waals surface area contributed by atoms with E-state index in [1.807, 2.05) is 32.0 Å². The van der Waals surface area contributed by atoms with Crippen molar-refractivity contribution >= 4 is 16.7 Å². The van der Waals surface area contributed by atoms with E-state index in [0.29, 0.717) is 0 Å². The Morgan fingerprint density at radius 1 is 1.04 bits per heavy atom. The second kappa shape index (κ2) is 6.20. The molecule has 0 unspecified atom stereocenters. The van der Waals surface area contributed by atoms with Crippen molar-refractivity contribution in [1.82, 2.24) is 20.0 Å². The fraction of sp³-hybridized carbons (Fsp3) is 0.389. The predicted molar refractivity (Wildman–Crippen MR) is 93.0 cm³/mol. The molecule has 0 spiro atoms. The van der Waals surface area contributed by atoms with Gasteiger partial charge < -0.3 is 9.42 Å². The first-order valence-corrected chi connectivity index (χ1v) is 8.31. The molecule has 6 heteroatoms. The smallest absolute Gasteiger partial charge is 0.139 e. The van der Waals surface area contributed by atoms with Gasteiger partial charge in [-0.1, -0.05) is 17.3 Å². The standard InChI is InChI=1S/C18H21N5O/c1-13-16(14(2)24-21-13)11-22-7-9-23(10-8-22)18-15-5-3-4-6-17(15)19-12-20-18/h3-6,12H,7-11H2,1-2H3. The SMILES string of the molecule is Cc1noc(C)c1CN1CCN(c2ncnc3ccccc23)CC1. The minimum absolute atomic E-state index is 0.902. The highest BCUT2D eigenvalue weighted by Crippen LogP contribution is 2.24. The van der Waals surface area contributed by atoms with Crippen molar-refractivity contribution in [3.05, 3.63) is 47.6 Å². The monoisotopic (exact) mass is 323 g/mol. The molecule has 0 amide bonds. The molecule has 1 aliphatic rings. The Morgan fingerprint density at radius 2 is 1.83 bits per heavy atom. The Hall–Kier alpha value is -2.47. The lowest BCUT2D eigenvalue weighted by Gasteiger charge is -2.35. The molecular weight excluding hydrogens is 302 g/mol. The van der Waals surface area contributed by atoms with Crippen molar-refractivity contribution in [3.8, 4) is 0 Å². The molecule has 6 nitrogen and oxygen atoms in total. The summed E-state index contributed by atoms with van der Waals surface area (Å²) in [7, 11) is 0. The Kier molecular flexibility index (Phi) is 3.90. The number of aryl methyl sites for hydroxylation is 2.